The number of H-pyrrole nitrogens is 1. The molecule has 1 N–H and O–H groups in total. The summed E-state index contributed by atoms with van der Waals surface area (Å²) in [5.74, 6) is 1.39. The van der Waals surface area contributed by atoms with Crippen LogP contribution in [0.25, 0.3) is 11.5 Å². The van der Waals surface area contributed by atoms with E-state index in [0.29, 0.717) is 22.6 Å². The van der Waals surface area contributed by atoms with Gasteiger partial charge in [0.25, 0.3) is 5.89 Å². The predicted molar refractivity (Wildman–Crippen MR) is 65.4 cm³/mol. The van der Waals surface area contributed by atoms with Crippen molar-refractivity contribution in [2.75, 3.05) is 0 Å². The van der Waals surface area contributed by atoms with Crippen LogP contribution >= 0.6 is 11.8 Å². The normalized spacial score (nSPS) is 11.0. The summed E-state index contributed by atoms with van der Waals surface area (Å²) < 4.78 is 11.5. The van der Waals surface area contributed by atoms with Gasteiger partial charge in [0.2, 0.25) is 0 Å². The van der Waals surface area contributed by atoms with E-state index in [4.69, 9.17) is 8.94 Å². The molecule has 0 saturated carbocycles. The number of nitrogens with one attached hydrogen (secondary N) is 1. The number of thioether (sulfide) groups is 1. The first-order chi connectivity index (χ1) is 9.24. The molecule has 19 heavy (non-hydrogen) atoms. The molecule has 0 aliphatic carbocycles. The van der Waals surface area contributed by atoms with Gasteiger partial charge in [-0.25, -0.2) is 9.89 Å². The highest BCUT2D eigenvalue weighted by molar-refractivity contribution is 7.98. The number of rotatable bonds is 4. The Morgan fingerprint density at radius 3 is 3.11 bits per heavy atom. The standard InChI is InChI=1S/C10H9N5O3S/c1-15-9(16)12-13-10(15)19-5-7-11-8(18-14-7)6-2-3-17-4-6/h2-4H,5H2,1H3,(H,12,16). The molecule has 0 atom stereocenters. The number of hydrogen-bond acceptors (Lipinski definition) is 7. The Kier molecular flexibility index (Phi) is 2.95. The summed E-state index contributed by atoms with van der Waals surface area (Å²) >= 11 is 1.34. The van der Waals surface area contributed by atoms with Gasteiger partial charge in [0.05, 0.1) is 17.6 Å². The smallest absolute Gasteiger partial charge is 0.343 e. The summed E-state index contributed by atoms with van der Waals surface area (Å²) in [7, 11) is 1.64. The largest absolute Gasteiger partial charge is 0.472 e. The third-order valence-electron chi connectivity index (χ3n) is 2.41. The van der Waals surface area contributed by atoms with Gasteiger partial charge < -0.3 is 8.94 Å². The highest BCUT2D eigenvalue weighted by Crippen LogP contribution is 2.21. The molecular formula is C10H9N5O3S. The van der Waals surface area contributed by atoms with Crippen LogP contribution in [-0.4, -0.2) is 24.9 Å². The lowest BCUT2D eigenvalue weighted by Crippen LogP contribution is -2.12. The van der Waals surface area contributed by atoms with Crippen molar-refractivity contribution in [3.8, 4) is 11.5 Å². The highest BCUT2D eigenvalue weighted by Gasteiger charge is 2.12. The maximum atomic E-state index is 11.2. The van der Waals surface area contributed by atoms with Crippen LogP contribution in [0.5, 0.6) is 0 Å². The lowest BCUT2D eigenvalue weighted by molar-refractivity contribution is 0.424. The molecule has 0 spiro atoms. The quantitative estimate of drug-likeness (QED) is 0.712. The topological polar surface area (TPSA) is 103 Å². The molecule has 8 nitrogen and oxygen atoms in total. The Morgan fingerprint density at radius 2 is 2.42 bits per heavy atom. The third-order valence-corrected chi connectivity index (χ3v) is 3.43. The van der Waals surface area contributed by atoms with Crippen LogP contribution in [0.4, 0.5) is 0 Å². The fourth-order valence-corrected chi connectivity index (χ4v) is 2.17. The SMILES string of the molecule is Cn1c(SCc2noc(-c3ccoc3)n2)n[nH]c1=O. The Balaban J connectivity index is 1.71. The van der Waals surface area contributed by atoms with Gasteiger partial charge in [-0.15, -0.1) is 5.10 Å². The van der Waals surface area contributed by atoms with Crippen LogP contribution in [0.15, 0.2) is 37.5 Å². The van der Waals surface area contributed by atoms with E-state index in [1.54, 1.807) is 13.1 Å². The molecule has 3 aromatic rings. The van der Waals surface area contributed by atoms with E-state index < -0.39 is 0 Å². The fourth-order valence-electron chi connectivity index (χ4n) is 1.41. The van der Waals surface area contributed by atoms with Gasteiger partial charge in [-0.3, -0.25) is 4.57 Å². The second kappa shape index (κ2) is 4.76. The molecule has 3 aromatic heterocycles. The second-order valence-electron chi connectivity index (χ2n) is 3.69. The van der Waals surface area contributed by atoms with Crippen molar-refractivity contribution >= 4 is 11.8 Å². The van der Waals surface area contributed by atoms with Crippen LogP contribution in [0.2, 0.25) is 0 Å². The molecule has 0 bridgehead atoms. The molecule has 3 heterocycles. The lowest BCUT2D eigenvalue weighted by atomic mass is 10.3. The summed E-state index contributed by atoms with van der Waals surface area (Å²) in [6, 6.07) is 1.74. The van der Waals surface area contributed by atoms with Crippen LogP contribution in [-0.2, 0) is 12.8 Å². The molecule has 3 rings (SSSR count). The molecule has 0 aliphatic heterocycles. The number of furan rings is 1. The maximum absolute atomic E-state index is 11.2. The molecule has 0 radical (unpaired) electrons. The second-order valence-corrected chi connectivity index (χ2v) is 4.63. The van der Waals surface area contributed by atoms with Crippen LogP contribution in [0.1, 0.15) is 5.82 Å². The van der Waals surface area contributed by atoms with Crippen molar-refractivity contribution in [2.45, 2.75) is 10.9 Å². The molecule has 0 saturated heterocycles. The average molecular weight is 279 g/mol. The Bertz CT molecular complexity index is 727. The summed E-state index contributed by atoms with van der Waals surface area (Å²) in [6.07, 6.45) is 3.06. The zero-order chi connectivity index (χ0) is 13.2. The number of hydrogen-bond donors (Lipinski definition) is 1. The van der Waals surface area contributed by atoms with Gasteiger partial charge in [-0.05, 0) is 6.07 Å². The average Bonchev–Trinajstić information content (AvgIpc) is 3.11. The van der Waals surface area contributed by atoms with E-state index in [2.05, 4.69) is 20.3 Å². The van der Waals surface area contributed by atoms with Crippen LogP contribution in [0, 0.1) is 0 Å². The van der Waals surface area contributed by atoms with E-state index in [1.807, 2.05) is 0 Å². The first-order valence-electron chi connectivity index (χ1n) is 5.33. The van der Waals surface area contributed by atoms with Crippen LogP contribution < -0.4 is 5.69 Å². The molecule has 0 aromatic carbocycles. The van der Waals surface area contributed by atoms with Crippen molar-refractivity contribution in [2.24, 2.45) is 7.05 Å². The van der Waals surface area contributed by atoms with Crippen molar-refractivity contribution < 1.29 is 8.94 Å². The van der Waals surface area contributed by atoms with Gasteiger partial charge in [0.1, 0.15) is 6.26 Å². The van der Waals surface area contributed by atoms with Crippen molar-refractivity contribution in [3.63, 3.8) is 0 Å². The van der Waals surface area contributed by atoms with Crippen molar-refractivity contribution in [1.29, 1.82) is 0 Å². The Hall–Kier alpha value is -2.29. The van der Waals surface area contributed by atoms with Crippen LogP contribution in [0.3, 0.4) is 0 Å². The van der Waals surface area contributed by atoms with E-state index in [0.717, 1.165) is 5.56 Å². The van der Waals surface area contributed by atoms with Gasteiger partial charge >= 0.3 is 5.69 Å². The van der Waals surface area contributed by atoms with Crippen molar-refractivity contribution in [1.82, 2.24) is 24.9 Å². The number of aromatic amines is 1. The minimum absolute atomic E-state index is 0.255. The van der Waals surface area contributed by atoms with Gasteiger partial charge in [-0.1, -0.05) is 16.9 Å². The molecule has 0 aliphatic rings. The fraction of sp³-hybridized carbons (Fsp3) is 0.200. The monoisotopic (exact) mass is 279 g/mol. The van der Waals surface area contributed by atoms with E-state index in [9.17, 15) is 4.79 Å². The summed E-state index contributed by atoms with van der Waals surface area (Å²) in [5, 5.41) is 10.7. The molecule has 9 heteroatoms. The highest BCUT2D eigenvalue weighted by atomic mass is 32.2. The molecular weight excluding hydrogens is 270 g/mol. The van der Waals surface area contributed by atoms with Gasteiger partial charge in [-0.2, -0.15) is 4.98 Å². The van der Waals surface area contributed by atoms with Crippen molar-refractivity contribution in [3.05, 3.63) is 34.9 Å². The lowest BCUT2D eigenvalue weighted by Gasteiger charge is -1.94. The first kappa shape index (κ1) is 11.8. The maximum Gasteiger partial charge on any atom is 0.343 e. The Morgan fingerprint density at radius 1 is 1.53 bits per heavy atom. The summed E-state index contributed by atoms with van der Waals surface area (Å²) in [6.45, 7) is 0. The number of aromatic nitrogens is 5. The van der Waals surface area contributed by atoms with Gasteiger partial charge in [0.15, 0.2) is 11.0 Å². The molecule has 98 valence electrons. The van der Waals surface area contributed by atoms with E-state index in [1.165, 1.54) is 28.9 Å². The first-order valence-corrected chi connectivity index (χ1v) is 6.32. The molecule has 0 fully saturated rings. The zero-order valence-electron chi connectivity index (χ0n) is 9.86. The minimum atomic E-state index is -0.255. The number of nitrogens with zero attached hydrogens (tertiary/aromatic N) is 4. The predicted octanol–water partition coefficient (Wildman–Crippen LogP) is 1.04. The third kappa shape index (κ3) is 2.32. The summed E-state index contributed by atoms with van der Waals surface area (Å²) in [4.78, 5) is 15.4. The summed E-state index contributed by atoms with van der Waals surface area (Å²) in [5.41, 5.74) is 0.477. The molecule has 0 amide bonds. The van der Waals surface area contributed by atoms with E-state index >= 15 is 0 Å². The zero-order valence-corrected chi connectivity index (χ0v) is 10.7. The minimum Gasteiger partial charge on any atom is -0.472 e. The van der Waals surface area contributed by atoms with Gasteiger partial charge in [0, 0.05) is 7.05 Å². The molecule has 0 unspecified atom stereocenters. The Labute approximate surface area is 110 Å². The van der Waals surface area contributed by atoms with E-state index in [-0.39, 0.29) is 5.69 Å².